The minimum absolute atomic E-state index is 0. The summed E-state index contributed by atoms with van der Waals surface area (Å²) in [4.78, 5) is 38.9. The Balaban J connectivity index is 0.00000338. The van der Waals surface area contributed by atoms with E-state index in [1.54, 1.807) is 17.1 Å². The summed E-state index contributed by atoms with van der Waals surface area (Å²) in [6.07, 6.45) is 5.13. The van der Waals surface area contributed by atoms with E-state index in [4.69, 9.17) is 9.47 Å². The number of esters is 2. The maximum absolute atomic E-state index is 12.5. The van der Waals surface area contributed by atoms with Crippen molar-refractivity contribution < 1.29 is 40.8 Å². The van der Waals surface area contributed by atoms with Crippen LogP contribution in [0.15, 0.2) is 41.8 Å². The molecule has 0 aliphatic carbocycles. The molecular formula is C17H17ClN2O5S. The van der Waals surface area contributed by atoms with Gasteiger partial charge in [0, 0.05) is 25.5 Å². The summed E-state index contributed by atoms with van der Waals surface area (Å²) in [5, 5.41) is 0.889. The van der Waals surface area contributed by atoms with Crippen molar-refractivity contribution in [2.75, 3.05) is 6.26 Å². The smallest absolute Gasteiger partial charge is 0.308 e. The second-order valence-corrected chi connectivity index (χ2v) is 5.85. The van der Waals surface area contributed by atoms with E-state index in [-0.39, 0.29) is 36.2 Å². The van der Waals surface area contributed by atoms with Gasteiger partial charge in [-0.25, -0.2) is 4.57 Å². The van der Waals surface area contributed by atoms with Crippen molar-refractivity contribution in [3.8, 4) is 11.5 Å². The Kier molecular flexibility index (Phi) is 8.21. The zero-order valence-electron chi connectivity index (χ0n) is 14.4. The Morgan fingerprint density at radius 1 is 1.08 bits per heavy atom. The molecule has 0 unspecified atom stereocenters. The lowest BCUT2D eigenvalue weighted by Crippen LogP contribution is -3.00. The van der Waals surface area contributed by atoms with Crippen molar-refractivity contribution in [2.45, 2.75) is 25.4 Å². The molecule has 0 N–H and O–H groups in total. The number of nitrogens with zero attached hydrogens (tertiary/aromatic N) is 2. The van der Waals surface area contributed by atoms with Gasteiger partial charge in [-0.15, -0.1) is 0 Å². The quantitative estimate of drug-likeness (QED) is 0.152. The predicted molar refractivity (Wildman–Crippen MR) is 89.6 cm³/mol. The molecule has 2 rings (SSSR count). The molecule has 0 spiro atoms. The molecule has 0 bridgehead atoms. The van der Waals surface area contributed by atoms with Crippen LogP contribution in [0.3, 0.4) is 0 Å². The van der Waals surface area contributed by atoms with Crippen molar-refractivity contribution >= 4 is 29.5 Å². The third kappa shape index (κ3) is 5.82. The molecule has 0 atom stereocenters. The van der Waals surface area contributed by atoms with E-state index in [9.17, 15) is 14.4 Å². The van der Waals surface area contributed by atoms with Gasteiger partial charge in [0.2, 0.25) is 5.78 Å². The zero-order valence-corrected chi connectivity index (χ0v) is 16.0. The lowest BCUT2D eigenvalue weighted by atomic mass is 10.1. The van der Waals surface area contributed by atoms with E-state index in [0.29, 0.717) is 5.56 Å². The van der Waals surface area contributed by atoms with E-state index in [0.717, 1.165) is 5.03 Å². The fraction of sp³-hybridized carbons (Fsp3) is 0.235. The number of Topliss-reactive ketones (excluding diaryl/α,β-unsaturated/α-hetero) is 1. The van der Waals surface area contributed by atoms with Crippen molar-refractivity contribution in [3.05, 3.63) is 42.4 Å². The van der Waals surface area contributed by atoms with E-state index in [2.05, 4.69) is 4.98 Å². The first-order valence-electron chi connectivity index (χ1n) is 7.32. The van der Waals surface area contributed by atoms with E-state index in [1.165, 1.54) is 43.8 Å². The molecule has 0 aliphatic heterocycles. The van der Waals surface area contributed by atoms with E-state index >= 15 is 0 Å². The highest BCUT2D eigenvalue weighted by atomic mass is 35.5. The van der Waals surface area contributed by atoms with Gasteiger partial charge in [-0.3, -0.25) is 14.4 Å². The van der Waals surface area contributed by atoms with Crippen LogP contribution in [0.4, 0.5) is 0 Å². The summed E-state index contributed by atoms with van der Waals surface area (Å²) >= 11 is 1.50. The van der Waals surface area contributed by atoms with Gasteiger partial charge in [-0.1, -0.05) is 16.7 Å². The van der Waals surface area contributed by atoms with Gasteiger partial charge in [-0.05, 0) is 24.5 Å². The van der Waals surface area contributed by atoms with Crippen LogP contribution >= 0.6 is 11.8 Å². The van der Waals surface area contributed by atoms with Crippen LogP contribution in [0.2, 0.25) is 0 Å². The van der Waals surface area contributed by atoms with Gasteiger partial charge >= 0.3 is 11.9 Å². The molecule has 0 amide bonds. The van der Waals surface area contributed by atoms with Crippen LogP contribution in [-0.4, -0.2) is 29.0 Å². The van der Waals surface area contributed by atoms with Gasteiger partial charge in [0.25, 0.3) is 6.33 Å². The Labute approximate surface area is 161 Å². The van der Waals surface area contributed by atoms with Crippen molar-refractivity contribution in [3.63, 3.8) is 0 Å². The number of aromatic nitrogens is 2. The normalized spacial score (nSPS) is 9.81. The molecule has 0 saturated heterocycles. The second-order valence-electron chi connectivity index (χ2n) is 5.02. The van der Waals surface area contributed by atoms with Crippen LogP contribution in [0, 0.1) is 0 Å². The highest BCUT2D eigenvalue weighted by Gasteiger charge is 2.17. The first kappa shape index (κ1) is 21.6. The summed E-state index contributed by atoms with van der Waals surface area (Å²) in [7, 11) is 0. The maximum atomic E-state index is 12.5. The molecule has 0 radical (unpaired) electrons. The number of hydrogen-bond donors (Lipinski definition) is 0. The SMILES string of the molecule is CSc1ccnc[n+]1CC(=O)c1ccc(OC(C)=O)c(OC(C)=O)c1.[Cl-]. The summed E-state index contributed by atoms with van der Waals surface area (Å²) < 4.78 is 11.8. The van der Waals surface area contributed by atoms with Gasteiger partial charge in [-0.2, -0.15) is 0 Å². The molecule has 1 aromatic carbocycles. The number of ketones is 1. The average molecular weight is 397 g/mol. The van der Waals surface area contributed by atoms with Crippen LogP contribution in [0.5, 0.6) is 11.5 Å². The minimum atomic E-state index is -0.579. The summed E-state index contributed by atoms with van der Waals surface area (Å²) in [5.41, 5.74) is 0.329. The largest absolute Gasteiger partial charge is 1.00 e. The number of thioether (sulfide) groups is 1. The molecule has 1 heterocycles. The molecule has 9 heteroatoms. The lowest BCUT2D eigenvalue weighted by Gasteiger charge is -2.10. The fourth-order valence-electron chi connectivity index (χ4n) is 2.08. The number of rotatable bonds is 6. The highest BCUT2D eigenvalue weighted by Crippen LogP contribution is 2.29. The topological polar surface area (TPSA) is 86.4 Å². The molecule has 138 valence electrons. The predicted octanol–water partition coefficient (Wildman–Crippen LogP) is -1.17. The van der Waals surface area contributed by atoms with Crippen LogP contribution in [-0.2, 0) is 16.1 Å². The molecule has 0 saturated carbocycles. The van der Waals surface area contributed by atoms with Crippen LogP contribution in [0.1, 0.15) is 24.2 Å². The first-order chi connectivity index (χ1) is 11.9. The minimum Gasteiger partial charge on any atom is -1.00 e. The van der Waals surface area contributed by atoms with Crippen molar-refractivity contribution in [1.82, 2.24) is 4.98 Å². The third-order valence-electron chi connectivity index (χ3n) is 3.09. The average Bonchev–Trinajstić information content (AvgIpc) is 2.56. The van der Waals surface area contributed by atoms with Gasteiger partial charge in [0.05, 0.1) is 0 Å². The maximum Gasteiger partial charge on any atom is 0.308 e. The Hall–Kier alpha value is -2.45. The number of carbonyl (C=O) groups is 3. The van der Waals surface area contributed by atoms with Gasteiger partial charge < -0.3 is 21.9 Å². The molecule has 26 heavy (non-hydrogen) atoms. The van der Waals surface area contributed by atoms with E-state index < -0.39 is 11.9 Å². The number of carbonyl (C=O) groups excluding carboxylic acids is 3. The molecule has 7 nitrogen and oxygen atoms in total. The number of hydrogen-bond acceptors (Lipinski definition) is 7. The van der Waals surface area contributed by atoms with E-state index in [1.807, 2.05) is 12.3 Å². The molecule has 0 fully saturated rings. The standard InChI is InChI=1S/C17H17N2O5S.ClH/c1-11(20)23-15-5-4-13(8-16(15)24-12(2)21)14(22)9-19-10-18-7-6-17(19)25-3;/h4-8,10H,9H2,1-3H3;1H/q+1;/p-1. The third-order valence-corrected chi connectivity index (χ3v) is 3.88. The number of ether oxygens (including phenoxy) is 2. The zero-order chi connectivity index (χ0) is 18.4. The van der Waals surface area contributed by atoms with Gasteiger partial charge in [0.1, 0.15) is 6.20 Å². The highest BCUT2D eigenvalue weighted by molar-refractivity contribution is 7.98. The fourth-order valence-corrected chi connectivity index (χ4v) is 2.63. The summed E-state index contributed by atoms with van der Waals surface area (Å²) in [6.45, 7) is 2.54. The second kappa shape index (κ2) is 9.88. The van der Waals surface area contributed by atoms with Crippen molar-refractivity contribution in [2.24, 2.45) is 0 Å². The first-order valence-corrected chi connectivity index (χ1v) is 8.54. The van der Waals surface area contributed by atoms with Gasteiger partial charge in [0.15, 0.2) is 23.1 Å². The number of halogens is 1. The Bertz CT molecular complexity index is 829. The molecule has 1 aromatic heterocycles. The molecule has 2 aromatic rings. The van der Waals surface area contributed by atoms with Crippen molar-refractivity contribution in [1.29, 1.82) is 0 Å². The molecule has 0 aliphatic rings. The monoisotopic (exact) mass is 396 g/mol. The lowest BCUT2D eigenvalue weighted by molar-refractivity contribution is -0.722. The Morgan fingerprint density at radius 3 is 2.35 bits per heavy atom. The number of benzene rings is 1. The van der Waals surface area contributed by atoms with Crippen LogP contribution < -0.4 is 26.4 Å². The summed E-state index contributed by atoms with van der Waals surface area (Å²) in [5.74, 6) is -1.23. The Morgan fingerprint density at radius 2 is 1.73 bits per heavy atom. The summed E-state index contributed by atoms with van der Waals surface area (Å²) in [6, 6.07) is 6.14. The van der Waals surface area contributed by atoms with Crippen LogP contribution in [0.25, 0.3) is 0 Å². The molecular weight excluding hydrogens is 380 g/mol.